The highest BCUT2D eigenvalue weighted by molar-refractivity contribution is 7.48. The van der Waals surface area contributed by atoms with Crippen LogP contribution in [-0.2, 0) is 115 Å². The summed E-state index contributed by atoms with van der Waals surface area (Å²) in [6.07, 6.45) is -33.1. The molecule has 0 heterocycles. The Labute approximate surface area is 435 Å². The minimum atomic E-state index is -6.13. The van der Waals surface area contributed by atoms with Crippen molar-refractivity contribution in [3.63, 3.8) is 0 Å². The van der Waals surface area contributed by atoms with Gasteiger partial charge in [0.15, 0.2) is 0 Å². The lowest BCUT2D eigenvalue weighted by molar-refractivity contribution is -0.250. The third kappa shape index (κ3) is 30.3. The second-order valence-corrected chi connectivity index (χ2v) is 25.2. The normalized spacial score (nSPS) is 28.4. The van der Waals surface area contributed by atoms with Crippen molar-refractivity contribution in [2.75, 3.05) is 80.3 Å². The lowest BCUT2D eigenvalue weighted by atomic mass is 9.84. The van der Waals surface area contributed by atoms with Gasteiger partial charge in [-0.1, -0.05) is 0 Å². The molecule has 0 bridgehead atoms. The molecule has 2 rings (SSSR count). The molecule has 0 amide bonds. The van der Waals surface area contributed by atoms with Crippen LogP contribution in [0, 0.1) is 0 Å². The molecule has 49 heteroatoms. The molecular formula is C28H62O41P8. The number of phosphoric ester groups is 8. The molecule has 14 atom stereocenters. The highest BCUT2D eigenvalue weighted by atomic mass is 31.2. The highest BCUT2D eigenvalue weighted by Gasteiger charge is 2.62. The molecule has 0 spiro atoms. The molecule has 4 unspecified atom stereocenters. The van der Waals surface area contributed by atoms with Crippen LogP contribution in [-0.4, -0.2) is 244 Å². The van der Waals surface area contributed by atoms with E-state index < -0.39 is 188 Å². The van der Waals surface area contributed by atoms with Crippen LogP contribution in [0.1, 0.15) is 13.8 Å². The van der Waals surface area contributed by atoms with Crippen LogP contribution in [0.5, 0.6) is 0 Å². The van der Waals surface area contributed by atoms with Crippen molar-refractivity contribution in [1.29, 1.82) is 0 Å². The van der Waals surface area contributed by atoms with Crippen LogP contribution in [0.25, 0.3) is 0 Å². The van der Waals surface area contributed by atoms with E-state index in [1.165, 1.54) is 14.2 Å². The summed E-state index contributed by atoms with van der Waals surface area (Å²) in [7, 11) is -45.4. The fraction of sp³-hybridized carbons (Fsp3) is 1.00. The molecule has 16 N–H and O–H groups in total. The maximum atomic E-state index is 12.5. The quantitative estimate of drug-likeness (QED) is 0.0211. The Morgan fingerprint density at radius 1 is 0.286 bits per heavy atom. The summed E-state index contributed by atoms with van der Waals surface area (Å²) in [4.78, 5) is 157. The van der Waals surface area contributed by atoms with Crippen molar-refractivity contribution in [3.8, 4) is 0 Å². The summed E-state index contributed by atoms with van der Waals surface area (Å²) in [6.45, 7) is -2.57. The van der Waals surface area contributed by atoms with Crippen LogP contribution in [0.15, 0.2) is 0 Å². The van der Waals surface area contributed by atoms with E-state index >= 15 is 0 Å². The molecule has 2 saturated carbocycles. The van der Waals surface area contributed by atoms with Gasteiger partial charge in [-0.2, -0.15) is 0 Å². The van der Waals surface area contributed by atoms with E-state index in [9.17, 15) is 115 Å². The molecule has 2 aliphatic rings. The number of hydrogen-bond acceptors (Lipinski definition) is 25. The zero-order valence-electron chi connectivity index (χ0n) is 40.1. The lowest BCUT2D eigenvalue weighted by Gasteiger charge is -2.49. The smallest absolute Gasteiger partial charge is 0.382 e. The fourth-order valence-electron chi connectivity index (χ4n) is 7.25. The second-order valence-electron chi connectivity index (χ2n) is 15.7. The molecule has 460 valence electrons. The first-order valence-electron chi connectivity index (χ1n) is 21.1. The number of methoxy groups -OCH3 is 2. The Kier molecular flexibility index (Phi) is 30.2. The average molecular weight is 1300 g/mol. The minimum Gasteiger partial charge on any atom is -0.382 e. The number of phosphoric acid groups is 8. The third-order valence-corrected chi connectivity index (χ3v) is 13.6. The topological polar surface area (TPSA) is 617 Å². The summed E-state index contributed by atoms with van der Waals surface area (Å²) >= 11 is 0. The minimum absolute atomic E-state index is 0.0444. The van der Waals surface area contributed by atoms with Gasteiger partial charge in [0.05, 0.1) is 78.3 Å². The Morgan fingerprint density at radius 2 is 0.455 bits per heavy atom. The van der Waals surface area contributed by atoms with Gasteiger partial charge in [0.1, 0.15) is 73.2 Å². The predicted octanol–water partition coefficient (Wildman–Crippen LogP) is -3.50. The largest absolute Gasteiger partial charge is 0.470 e. The summed E-state index contributed by atoms with van der Waals surface area (Å²) in [5, 5.41) is 0. The second kappa shape index (κ2) is 31.6. The molecule has 0 aromatic carbocycles. The summed E-state index contributed by atoms with van der Waals surface area (Å²) < 4.78 is 184. The van der Waals surface area contributed by atoms with Gasteiger partial charge in [-0.15, -0.1) is 0 Å². The lowest BCUT2D eigenvalue weighted by Crippen LogP contribution is -2.67. The molecular weight excluding hydrogens is 1240 g/mol. The average Bonchev–Trinajstić information content (AvgIpc) is 3.20. The predicted molar refractivity (Wildman–Crippen MR) is 240 cm³/mol. The van der Waals surface area contributed by atoms with Gasteiger partial charge in [-0.05, 0) is 13.8 Å². The van der Waals surface area contributed by atoms with E-state index in [2.05, 4.69) is 22.6 Å². The van der Waals surface area contributed by atoms with Gasteiger partial charge >= 0.3 is 62.6 Å². The van der Waals surface area contributed by atoms with Gasteiger partial charge in [-0.3, -0.25) is 36.2 Å². The first-order valence-corrected chi connectivity index (χ1v) is 33.3. The summed E-state index contributed by atoms with van der Waals surface area (Å²) in [5.41, 5.74) is 0. The summed E-state index contributed by atoms with van der Waals surface area (Å²) in [6, 6.07) is 0. The van der Waals surface area contributed by atoms with Crippen LogP contribution >= 0.6 is 62.6 Å². The van der Waals surface area contributed by atoms with E-state index in [1.54, 1.807) is 13.8 Å². The van der Waals surface area contributed by atoms with Crippen molar-refractivity contribution in [2.24, 2.45) is 0 Å². The number of rotatable bonds is 38. The molecule has 0 radical (unpaired) electrons. The maximum Gasteiger partial charge on any atom is 0.470 e. The van der Waals surface area contributed by atoms with E-state index in [0.29, 0.717) is 0 Å². The molecule has 77 heavy (non-hydrogen) atoms. The number of hydrogen-bond donors (Lipinski definition) is 16. The monoisotopic (exact) mass is 1300 g/mol. The zero-order valence-corrected chi connectivity index (χ0v) is 47.2. The van der Waals surface area contributed by atoms with Gasteiger partial charge in [0, 0.05) is 14.2 Å². The molecule has 0 saturated heterocycles. The summed E-state index contributed by atoms with van der Waals surface area (Å²) in [5.74, 6) is 0. The van der Waals surface area contributed by atoms with Crippen molar-refractivity contribution in [2.45, 2.75) is 99.3 Å². The van der Waals surface area contributed by atoms with Crippen molar-refractivity contribution in [1.82, 2.24) is 0 Å². The van der Waals surface area contributed by atoms with Crippen LogP contribution in [0.2, 0.25) is 0 Å². The Hall–Kier alpha value is 0.520. The van der Waals surface area contributed by atoms with Gasteiger partial charge in [-0.25, -0.2) is 36.5 Å². The first-order chi connectivity index (χ1) is 34.9. The first kappa shape index (κ1) is 73.6. The van der Waals surface area contributed by atoms with Crippen molar-refractivity contribution < 1.29 is 194 Å². The van der Waals surface area contributed by atoms with Crippen molar-refractivity contribution in [3.05, 3.63) is 0 Å². The highest BCUT2D eigenvalue weighted by Crippen LogP contribution is 2.56. The molecule has 2 aliphatic carbocycles. The van der Waals surface area contributed by atoms with Crippen LogP contribution in [0.4, 0.5) is 0 Å². The molecule has 2 fully saturated rings. The standard InChI is InChI=1S/C28H62O41P8/c1-15(13-53-3)56-9-11-60-18-21(62-70(29,30)31)17(22(63-71(32,33)34)19(23(18)64-72(35,36)37)61-12-10-57-16(2)14-54-4)58-7-5-55-6-8-59-20-24(65-73(38,39)40)26(67-75(44,45)46)28(69-77(50,51)52)27(68-76(47,48)49)25(20)66-74(41,42)43/h15-28H,5-14H2,1-4H3,(H2,29,30,31)(H2,32,33,34)(H2,35,36,37)(H2,38,39,40)(H2,41,42,43)(H2,44,45,46)(H2,47,48,49)(H2,50,51,52)/t15-,16-,17?,18-,19+,20?,21+,22-,23?,24-,25+,26+,27-,28?/m0/s1. The molecule has 0 aromatic heterocycles. The van der Waals surface area contributed by atoms with E-state index in [4.69, 9.17) is 56.2 Å². The van der Waals surface area contributed by atoms with Crippen molar-refractivity contribution >= 4 is 62.6 Å². The molecule has 41 nitrogen and oxygen atoms in total. The number of ether oxygens (including phenoxy) is 9. The van der Waals surface area contributed by atoms with Gasteiger partial charge < -0.3 is 121 Å². The molecule has 0 aromatic rings. The maximum absolute atomic E-state index is 12.5. The zero-order chi connectivity index (χ0) is 59.2. The van der Waals surface area contributed by atoms with Gasteiger partial charge in [0.25, 0.3) is 0 Å². The van der Waals surface area contributed by atoms with Crippen LogP contribution < -0.4 is 0 Å². The SMILES string of the molecule is COC[C@H](C)OCCO[C@@H]1C(OP(=O)(O)O)[C@H](OCCO[C@@H](C)COC)[C@@H](OP(=O)(O)O)C(OCCOCCOC2[C@@H](OP(=O)(O)O)[C@H](OP(=O)(O)O)C(OP(=O)(O)O)[C@H](OP(=O)(O)O)[C@H]2OP(=O)(O)O)[C@H]1OP(=O)(O)O. The fourth-order valence-corrected chi connectivity index (χ4v) is 11.7. The van der Waals surface area contributed by atoms with Crippen LogP contribution in [0.3, 0.4) is 0 Å². The van der Waals surface area contributed by atoms with E-state index in [-0.39, 0.29) is 26.4 Å². The van der Waals surface area contributed by atoms with Gasteiger partial charge in [0.2, 0.25) is 0 Å². The Bertz CT molecular complexity index is 2040. The Balaban J connectivity index is 2.66. The molecule has 0 aliphatic heterocycles. The van der Waals surface area contributed by atoms with E-state index in [1.807, 2.05) is 0 Å². The Morgan fingerprint density at radius 3 is 0.636 bits per heavy atom. The van der Waals surface area contributed by atoms with E-state index in [0.717, 1.165) is 0 Å². The third-order valence-electron chi connectivity index (χ3n) is 9.43.